The maximum Gasteiger partial charge on any atom is 0.255 e. The molecule has 1 amide bonds. The molecule has 0 aliphatic carbocycles. The first-order valence-electron chi connectivity index (χ1n) is 7.48. The first-order chi connectivity index (χ1) is 10.4. The third kappa shape index (κ3) is 2.86. The molecule has 1 aliphatic heterocycles. The zero-order valence-corrected chi connectivity index (χ0v) is 13.1. The van der Waals surface area contributed by atoms with Crippen molar-refractivity contribution in [2.24, 2.45) is 0 Å². The molecule has 1 atom stereocenters. The van der Waals surface area contributed by atoms with Gasteiger partial charge in [0.15, 0.2) is 0 Å². The van der Waals surface area contributed by atoms with E-state index in [-0.39, 0.29) is 17.2 Å². The van der Waals surface area contributed by atoms with Crippen LogP contribution in [0, 0.1) is 0 Å². The Labute approximate surface area is 129 Å². The van der Waals surface area contributed by atoms with Crippen LogP contribution in [0.5, 0.6) is 0 Å². The Balaban J connectivity index is 1.70. The van der Waals surface area contributed by atoms with Gasteiger partial charge in [-0.05, 0) is 18.6 Å². The number of amides is 1. The lowest BCUT2D eigenvalue weighted by atomic mass is 9.97. The Morgan fingerprint density at radius 1 is 1.36 bits per heavy atom. The molecule has 6 nitrogen and oxygen atoms in total. The van der Waals surface area contributed by atoms with Crippen LogP contribution in [0.1, 0.15) is 55.2 Å². The van der Waals surface area contributed by atoms with Crippen molar-refractivity contribution >= 4 is 5.91 Å². The lowest BCUT2D eigenvalue weighted by molar-refractivity contribution is 0.0789. The van der Waals surface area contributed by atoms with E-state index in [0.717, 1.165) is 6.42 Å². The zero-order chi connectivity index (χ0) is 15.7. The van der Waals surface area contributed by atoms with Crippen molar-refractivity contribution in [2.75, 3.05) is 13.1 Å². The van der Waals surface area contributed by atoms with E-state index >= 15 is 0 Å². The predicted octanol–water partition coefficient (Wildman–Crippen LogP) is 2.39. The minimum atomic E-state index is -0.158. The molecule has 2 aromatic heterocycles. The van der Waals surface area contributed by atoms with Crippen molar-refractivity contribution < 1.29 is 9.21 Å². The summed E-state index contributed by atoms with van der Waals surface area (Å²) in [5.74, 6) is 1.39. The Morgan fingerprint density at radius 3 is 2.82 bits per heavy atom. The quantitative estimate of drug-likeness (QED) is 0.851. The summed E-state index contributed by atoms with van der Waals surface area (Å²) in [6, 6.07) is 3.56. The van der Waals surface area contributed by atoms with Gasteiger partial charge in [-0.1, -0.05) is 20.8 Å². The van der Waals surface area contributed by atoms with Crippen LogP contribution in [0.25, 0.3) is 0 Å². The molecule has 3 rings (SSSR count). The standard InChI is InChI=1S/C16H20N4O2/c1-16(2,3)15-19-18-13(22-15)12-6-8-20(10-12)14(21)11-5-4-7-17-9-11/h4-5,7,9,12H,6,8,10H2,1-3H3/t12-/m0/s1. The number of carbonyl (C=O) groups excluding carboxylic acids is 1. The van der Waals surface area contributed by atoms with Crippen LogP contribution in [0.15, 0.2) is 28.9 Å². The average molecular weight is 300 g/mol. The fourth-order valence-electron chi connectivity index (χ4n) is 2.52. The SMILES string of the molecule is CC(C)(C)c1nnc([C@H]2CCN(C(=O)c3cccnc3)C2)o1. The van der Waals surface area contributed by atoms with Crippen LogP contribution in [0.2, 0.25) is 0 Å². The maximum absolute atomic E-state index is 12.4. The second-order valence-corrected chi connectivity index (χ2v) is 6.67. The van der Waals surface area contributed by atoms with Gasteiger partial charge in [-0.15, -0.1) is 10.2 Å². The lowest BCUT2D eigenvalue weighted by Crippen LogP contribution is -2.28. The number of nitrogens with zero attached hydrogens (tertiary/aromatic N) is 4. The molecule has 22 heavy (non-hydrogen) atoms. The van der Waals surface area contributed by atoms with Crippen LogP contribution < -0.4 is 0 Å². The van der Waals surface area contributed by atoms with Gasteiger partial charge in [0.1, 0.15) is 0 Å². The van der Waals surface area contributed by atoms with Gasteiger partial charge in [-0.3, -0.25) is 9.78 Å². The second kappa shape index (κ2) is 5.51. The van der Waals surface area contributed by atoms with Gasteiger partial charge in [-0.25, -0.2) is 0 Å². The number of pyridine rings is 1. The van der Waals surface area contributed by atoms with Gasteiger partial charge < -0.3 is 9.32 Å². The summed E-state index contributed by atoms with van der Waals surface area (Å²) in [7, 11) is 0. The number of aromatic nitrogens is 3. The molecule has 1 saturated heterocycles. The van der Waals surface area contributed by atoms with E-state index in [9.17, 15) is 4.79 Å². The molecule has 6 heteroatoms. The molecule has 0 radical (unpaired) electrons. The highest BCUT2D eigenvalue weighted by molar-refractivity contribution is 5.94. The van der Waals surface area contributed by atoms with Gasteiger partial charge in [0.25, 0.3) is 5.91 Å². The van der Waals surface area contributed by atoms with Gasteiger partial charge in [0.2, 0.25) is 11.8 Å². The van der Waals surface area contributed by atoms with E-state index in [1.165, 1.54) is 0 Å². The van der Waals surface area contributed by atoms with E-state index in [2.05, 4.69) is 15.2 Å². The van der Waals surface area contributed by atoms with Gasteiger partial charge >= 0.3 is 0 Å². The maximum atomic E-state index is 12.4. The summed E-state index contributed by atoms with van der Waals surface area (Å²) in [6.45, 7) is 7.43. The summed E-state index contributed by atoms with van der Waals surface area (Å²) in [6.07, 6.45) is 4.11. The van der Waals surface area contributed by atoms with Gasteiger partial charge in [-0.2, -0.15) is 0 Å². The highest BCUT2D eigenvalue weighted by atomic mass is 16.4. The van der Waals surface area contributed by atoms with Crippen molar-refractivity contribution in [1.29, 1.82) is 0 Å². The first kappa shape index (κ1) is 14.7. The van der Waals surface area contributed by atoms with Crippen LogP contribution in [-0.4, -0.2) is 39.1 Å². The number of rotatable bonds is 2. The van der Waals surface area contributed by atoms with Crippen molar-refractivity contribution in [3.63, 3.8) is 0 Å². The topological polar surface area (TPSA) is 72.1 Å². The monoisotopic (exact) mass is 300 g/mol. The fourth-order valence-corrected chi connectivity index (χ4v) is 2.52. The molecule has 0 spiro atoms. The van der Waals surface area contributed by atoms with E-state index in [1.54, 1.807) is 24.5 Å². The number of hydrogen-bond acceptors (Lipinski definition) is 5. The Kier molecular flexibility index (Phi) is 3.68. The molecule has 0 saturated carbocycles. The molecule has 0 aromatic carbocycles. The summed E-state index contributed by atoms with van der Waals surface area (Å²) >= 11 is 0. The van der Waals surface area contributed by atoms with E-state index < -0.39 is 0 Å². The van der Waals surface area contributed by atoms with E-state index in [0.29, 0.717) is 30.4 Å². The summed E-state index contributed by atoms with van der Waals surface area (Å²) < 4.78 is 5.79. The van der Waals surface area contributed by atoms with Crippen LogP contribution in [-0.2, 0) is 5.41 Å². The third-order valence-electron chi connectivity index (χ3n) is 3.82. The molecule has 2 aromatic rings. The molecule has 116 valence electrons. The minimum absolute atomic E-state index is 0.00570. The fraction of sp³-hybridized carbons (Fsp3) is 0.500. The molecular formula is C16H20N4O2. The Hall–Kier alpha value is -2.24. The van der Waals surface area contributed by atoms with E-state index in [4.69, 9.17) is 4.42 Å². The molecule has 0 unspecified atom stereocenters. The highest BCUT2D eigenvalue weighted by Crippen LogP contribution is 2.29. The number of carbonyl (C=O) groups is 1. The van der Waals surface area contributed by atoms with Crippen molar-refractivity contribution in [3.05, 3.63) is 41.9 Å². The average Bonchev–Trinajstić information content (AvgIpc) is 3.15. The summed E-state index contributed by atoms with van der Waals surface area (Å²) in [4.78, 5) is 18.2. The molecular weight excluding hydrogens is 280 g/mol. The van der Waals surface area contributed by atoms with Gasteiger partial charge in [0.05, 0.1) is 11.5 Å². The molecule has 3 heterocycles. The van der Waals surface area contributed by atoms with Crippen molar-refractivity contribution in [3.8, 4) is 0 Å². The highest BCUT2D eigenvalue weighted by Gasteiger charge is 2.32. The third-order valence-corrected chi connectivity index (χ3v) is 3.82. The minimum Gasteiger partial charge on any atom is -0.424 e. The first-order valence-corrected chi connectivity index (χ1v) is 7.48. The van der Waals surface area contributed by atoms with E-state index in [1.807, 2.05) is 25.7 Å². The summed E-state index contributed by atoms with van der Waals surface area (Å²) in [5, 5.41) is 8.29. The number of likely N-dealkylation sites (tertiary alicyclic amines) is 1. The molecule has 0 bridgehead atoms. The second-order valence-electron chi connectivity index (χ2n) is 6.67. The molecule has 1 aliphatic rings. The largest absolute Gasteiger partial charge is 0.424 e. The number of hydrogen-bond donors (Lipinski definition) is 0. The molecule has 1 fully saturated rings. The predicted molar refractivity (Wildman–Crippen MR) is 80.5 cm³/mol. The normalized spacial score (nSPS) is 18.7. The van der Waals surface area contributed by atoms with Crippen molar-refractivity contribution in [1.82, 2.24) is 20.1 Å². The Morgan fingerprint density at radius 2 is 2.18 bits per heavy atom. The Bertz CT molecular complexity index is 660. The van der Waals surface area contributed by atoms with Crippen LogP contribution in [0.4, 0.5) is 0 Å². The smallest absolute Gasteiger partial charge is 0.255 e. The van der Waals surface area contributed by atoms with Crippen molar-refractivity contribution in [2.45, 2.75) is 38.5 Å². The molecule has 0 N–H and O–H groups in total. The van der Waals surface area contributed by atoms with Gasteiger partial charge in [0, 0.05) is 30.9 Å². The summed E-state index contributed by atoms with van der Waals surface area (Å²) in [5.41, 5.74) is 0.457. The van der Waals surface area contributed by atoms with Crippen LogP contribution in [0.3, 0.4) is 0 Å². The van der Waals surface area contributed by atoms with Crippen LogP contribution >= 0.6 is 0 Å². The zero-order valence-electron chi connectivity index (χ0n) is 13.1. The lowest BCUT2D eigenvalue weighted by Gasteiger charge is -2.15.